The van der Waals surface area contributed by atoms with Crippen LogP contribution in [0.3, 0.4) is 0 Å². The Kier molecular flexibility index (Phi) is 5.30. The van der Waals surface area contributed by atoms with Gasteiger partial charge in [-0.2, -0.15) is 11.8 Å². The van der Waals surface area contributed by atoms with E-state index in [0.717, 1.165) is 11.4 Å². The van der Waals surface area contributed by atoms with Crippen LogP contribution in [0.25, 0.3) is 0 Å². The van der Waals surface area contributed by atoms with Gasteiger partial charge in [0.15, 0.2) is 0 Å². The van der Waals surface area contributed by atoms with E-state index in [1.165, 1.54) is 11.8 Å². The van der Waals surface area contributed by atoms with E-state index < -0.39 is 11.4 Å². The summed E-state index contributed by atoms with van der Waals surface area (Å²) in [5.41, 5.74) is 0.357. The Morgan fingerprint density at radius 2 is 1.96 bits per heavy atom. The second-order valence-corrected chi connectivity index (χ2v) is 6.84. The van der Waals surface area contributed by atoms with Gasteiger partial charge in [0.05, 0.1) is 5.41 Å². The highest BCUT2D eigenvalue weighted by atomic mass is 32.2. The van der Waals surface area contributed by atoms with Crippen molar-refractivity contribution < 1.29 is 19.5 Å². The summed E-state index contributed by atoms with van der Waals surface area (Å²) in [6, 6.07) is 6.86. The van der Waals surface area contributed by atoms with Crippen molar-refractivity contribution in [3.63, 3.8) is 0 Å². The first-order chi connectivity index (χ1) is 10.8. The number of carboxylic acids is 1. The molecule has 0 spiro atoms. The van der Waals surface area contributed by atoms with Crippen LogP contribution in [-0.2, 0) is 14.4 Å². The zero-order valence-corrected chi connectivity index (χ0v) is 14.0. The van der Waals surface area contributed by atoms with Crippen LogP contribution in [0.1, 0.15) is 19.8 Å². The molecule has 124 valence electrons. The van der Waals surface area contributed by atoms with Crippen molar-refractivity contribution in [1.82, 2.24) is 0 Å². The molecule has 0 bridgehead atoms. The number of aliphatic carboxylic acids is 1. The standard InChI is InChI=1S/C16H20N2O4S/c1-11(19)18(2)13-5-3-12(4-6-13)17-14(20)9-16(15(21)22)7-8-23-10-16/h3-6H,7-10H2,1-2H3,(H,17,20)(H,21,22)/t16-/m0/s1. The molecule has 1 saturated heterocycles. The van der Waals surface area contributed by atoms with Crippen LogP contribution in [0.4, 0.5) is 11.4 Å². The van der Waals surface area contributed by atoms with E-state index >= 15 is 0 Å². The molecule has 0 radical (unpaired) electrons. The Morgan fingerprint density at radius 3 is 2.43 bits per heavy atom. The Bertz CT molecular complexity index is 609. The SMILES string of the molecule is CC(=O)N(C)c1ccc(NC(=O)C[C@@]2(C(=O)O)CCSC2)cc1. The van der Waals surface area contributed by atoms with Gasteiger partial charge in [-0.15, -0.1) is 0 Å². The molecule has 0 aliphatic carbocycles. The molecule has 1 fully saturated rings. The highest BCUT2D eigenvalue weighted by Crippen LogP contribution is 2.39. The summed E-state index contributed by atoms with van der Waals surface area (Å²) in [7, 11) is 1.67. The van der Waals surface area contributed by atoms with Gasteiger partial charge in [-0.05, 0) is 36.4 Å². The van der Waals surface area contributed by atoms with Crippen molar-refractivity contribution in [3.05, 3.63) is 24.3 Å². The average Bonchev–Trinajstić information content (AvgIpc) is 2.97. The molecule has 2 N–H and O–H groups in total. The van der Waals surface area contributed by atoms with E-state index in [9.17, 15) is 19.5 Å². The number of carbonyl (C=O) groups excluding carboxylic acids is 2. The van der Waals surface area contributed by atoms with Gasteiger partial charge in [-0.1, -0.05) is 0 Å². The number of nitrogens with one attached hydrogen (secondary N) is 1. The molecule has 7 heteroatoms. The number of thioether (sulfide) groups is 1. The normalized spacial score (nSPS) is 20.1. The van der Waals surface area contributed by atoms with Gasteiger partial charge in [-0.25, -0.2) is 0 Å². The molecule has 2 amide bonds. The largest absolute Gasteiger partial charge is 0.481 e. The number of anilines is 2. The first-order valence-electron chi connectivity index (χ1n) is 7.29. The number of carbonyl (C=O) groups is 3. The zero-order valence-electron chi connectivity index (χ0n) is 13.2. The molecule has 6 nitrogen and oxygen atoms in total. The summed E-state index contributed by atoms with van der Waals surface area (Å²) >= 11 is 1.57. The fraction of sp³-hybridized carbons (Fsp3) is 0.438. The predicted molar refractivity (Wildman–Crippen MR) is 90.8 cm³/mol. The summed E-state index contributed by atoms with van der Waals surface area (Å²) in [5, 5.41) is 12.1. The van der Waals surface area contributed by atoms with Gasteiger partial charge < -0.3 is 15.3 Å². The smallest absolute Gasteiger partial charge is 0.311 e. The fourth-order valence-electron chi connectivity index (χ4n) is 2.45. The lowest BCUT2D eigenvalue weighted by Crippen LogP contribution is -2.35. The molecule has 0 unspecified atom stereocenters. The minimum Gasteiger partial charge on any atom is -0.481 e. The van der Waals surface area contributed by atoms with Crippen LogP contribution >= 0.6 is 11.8 Å². The van der Waals surface area contributed by atoms with E-state index in [1.54, 1.807) is 43.1 Å². The van der Waals surface area contributed by atoms with Crippen LogP contribution in [0.15, 0.2) is 24.3 Å². The van der Waals surface area contributed by atoms with Crippen molar-refractivity contribution in [2.24, 2.45) is 5.41 Å². The Hall–Kier alpha value is -2.02. The summed E-state index contributed by atoms with van der Waals surface area (Å²) in [6.07, 6.45) is 0.493. The fourth-order valence-corrected chi connectivity index (χ4v) is 3.89. The quantitative estimate of drug-likeness (QED) is 0.861. The number of hydrogen-bond donors (Lipinski definition) is 2. The maximum Gasteiger partial charge on any atom is 0.311 e. The minimum absolute atomic E-state index is 0.0234. The van der Waals surface area contributed by atoms with Crippen LogP contribution in [-0.4, -0.2) is 41.4 Å². The third-order valence-corrected chi connectivity index (χ3v) is 5.32. The number of nitrogens with zero attached hydrogens (tertiary/aromatic N) is 1. The Labute approximate surface area is 139 Å². The molecule has 1 aromatic carbocycles. The molecule has 1 aliphatic heterocycles. The summed E-state index contributed by atoms with van der Waals surface area (Å²) < 4.78 is 0. The van der Waals surface area contributed by atoms with Gasteiger partial charge in [0.25, 0.3) is 0 Å². The van der Waals surface area contributed by atoms with Gasteiger partial charge in [0.2, 0.25) is 11.8 Å². The Morgan fingerprint density at radius 1 is 1.30 bits per heavy atom. The second kappa shape index (κ2) is 7.04. The molecular weight excluding hydrogens is 316 g/mol. The molecule has 1 aromatic rings. The average molecular weight is 336 g/mol. The van der Waals surface area contributed by atoms with Crippen molar-refractivity contribution in [2.45, 2.75) is 19.8 Å². The minimum atomic E-state index is -0.955. The van der Waals surface area contributed by atoms with Crippen molar-refractivity contribution in [2.75, 3.05) is 28.8 Å². The molecule has 0 aromatic heterocycles. The highest BCUT2D eigenvalue weighted by Gasteiger charge is 2.43. The summed E-state index contributed by atoms with van der Waals surface area (Å²) in [6.45, 7) is 1.47. The maximum atomic E-state index is 12.2. The number of benzene rings is 1. The van der Waals surface area contributed by atoms with E-state index in [0.29, 0.717) is 17.9 Å². The first-order valence-corrected chi connectivity index (χ1v) is 8.45. The topological polar surface area (TPSA) is 86.7 Å². The third-order valence-electron chi connectivity index (χ3n) is 4.07. The lowest BCUT2D eigenvalue weighted by atomic mass is 9.84. The van der Waals surface area contributed by atoms with Gasteiger partial charge >= 0.3 is 5.97 Å². The number of amides is 2. The van der Waals surface area contributed by atoms with E-state index in [4.69, 9.17) is 0 Å². The zero-order chi connectivity index (χ0) is 17.0. The third kappa shape index (κ3) is 4.04. The van der Waals surface area contributed by atoms with Gasteiger partial charge in [0, 0.05) is 37.5 Å². The van der Waals surface area contributed by atoms with E-state index in [1.807, 2.05) is 0 Å². The van der Waals surface area contributed by atoms with Crippen LogP contribution in [0.5, 0.6) is 0 Å². The predicted octanol–water partition coefficient (Wildman–Crippen LogP) is 2.21. The Balaban J connectivity index is 2.00. The van der Waals surface area contributed by atoms with Crippen LogP contribution < -0.4 is 10.2 Å². The highest BCUT2D eigenvalue weighted by molar-refractivity contribution is 7.99. The molecule has 1 atom stereocenters. The van der Waals surface area contributed by atoms with Crippen LogP contribution in [0.2, 0.25) is 0 Å². The molecule has 1 aliphatic rings. The number of carboxylic acid groups (broad SMARTS) is 1. The van der Waals surface area contributed by atoms with E-state index in [2.05, 4.69) is 5.32 Å². The van der Waals surface area contributed by atoms with Gasteiger partial charge in [0.1, 0.15) is 0 Å². The molecule has 23 heavy (non-hydrogen) atoms. The lowest BCUT2D eigenvalue weighted by Gasteiger charge is -2.22. The second-order valence-electron chi connectivity index (χ2n) is 5.74. The summed E-state index contributed by atoms with van der Waals surface area (Å²) in [4.78, 5) is 36.4. The van der Waals surface area contributed by atoms with Crippen LogP contribution in [0, 0.1) is 5.41 Å². The monoisotopic (exact) mass is 336 g/mol. The molecule has 0 saturated carbocycles. The molecule has 1 heterocycles. The summed E-state index contributed by atoms with van der Waals surface area (Å²) in [5.74, 6) is -0.0494. The maximum absolute atomic E-state index is 12.2. The lowest BCUT2D eigenvalue weighted by molar-refractivity contribution is -0.149. The number of rotatable bonds is 5. The van der Waals surface area contributed by atoms with Crippen molar-refractivity contribution in [1.29, 1.82) is 0 Å². The first kappa shape index (κ1) is 17.3. The van der Waals surface area contributed by atoms with E-state index in [-0.39, 0.29) is 18.2 Å². The molecular formula is C16H20N2O4S. The molecule has 2 rings (SSSR count). The number of hydrogen-bond acceptors (Lipinski definition) is 4. The van der Waals surface area contributed by atoms with Crippen molar-refractivity contribution >= 4 is 40.9 Å². The van der Waals surface area contributed by atoms with Gasteiger partial charge in [-0.3, -0.25) is 14.4 Å². The van der Waals surface area contributed by atoms with Crippen molar-refractivity contribution in [3.8, 4) is 0 Å².